The summed E-state index contributed by atoms with van der Waals surface area (Å²) in [5, 5.41) is 13.4. The Hall–Kier alpha value is -0.930. The van der Waals surface area contributed by atoms with Crippen LogP contribution in [0.2, 0.25) is 0 Å². The van der Waals surface area contributed by atoms with E-state index in [1.165, 1.54) is 25.3 Å². The minimum absolute atomic E-state index is 0.328. The fourth-order valence-corrected chi connectivity index (χ4v) is 2.82. The smallest absolute Gasteiger partial charge is 0.129 e. The lowest BCUT2D eigenvalue weighted by atomic mass is 10.0. The first-order chi connectivity index (χ1) is 9.16. The van der Waals surface area contributed by atoms with Gasteiger partial charge in [-0.2, -0.15) is 0 Å². The molecule has 1 saturated carbocycles. The molecule has 1 aliphatic carbocycles. The summed E-state index contributed by atoms with van der Waals surface area (Å²) in [5.74, 6) is 0.481. The van der Waals surface area contributed by atoms with Crippen molar-refractivity contribution >= 4 is 0 Å². The second-order valence-corrected chi connectivity index (χ2v) is 5.76. The summed E-state index contributed by atoms with van der Waals surface area (Å²) in [4.78, 5) is 0. The van der Waals surface area contributed by atoms with E-state index in [0.717, 1.165) is 18.8 Å². The number of aliphatic hydroxyl groups is 1. The van der Waals surface area contributed by atoms with Crippen LogP contribution < -0.4 is 5.32 Å². The molecule has 1 aromatic rings. The molecule has 106 valence electrons. The lowest BCUT2D eigenvalue weighted by molar-refractivity contribution is 0.163. The third-order valence-corrected chi connectivity index (χ3v) is 4.12. The molecule has 19 heavy (non-hydrogen) atoms. The van der Waals surface area contributed by atoms with E-state index >= 15 is 0 Å². The third-order valence-electron chi connectivity index (χ3n) is 4.12. The lowest BCUT2D eigenvalue weighted by Crippen LogP contribution is -2.32. The van der Waals surface area contributed by atoms with Crippen molar-refractivity contribution in [1.29, 1.82) is 0 Å². The Morgan fingerprint density at radius 1 is 1.26 bits per heavy atom. The molecule has 2 nitrogen and oxygen atoms in total. The van der Waals surface area contributed by atoms with Crippen molar-refractivity contribution in [3.05, 3.63) is 35.6 Å². The van der Waals surface area contributed by atoms with Crippen LogP contribution in [0.15, 0.2) is 24.3 Å². The summed E-state index contributed by atoms with van der Waals surface area (Å²) < 4.78 is 13.5. The summed E-state index contributed by atoms with van der Waals surface area (Å²) >= 11 is 0. The van der Waals surface area contributed by atoms with Crippen molar-refractivity contribution in [2.45, 2.75) is 51.2 Å². The normalized spacial score (nSPS) is 25.8. The number of aliphatic hydroxyl groups excluding tert-OH is 1. The zero-order chi connectivity index (χ0) is 13.7. The molecule has 0 aliphatic heterocycles. The molecule has 2 rings (SSSR count). The number of hydrogen-bond donors (Lipinski definition) is 2. The molecule has 1 aromatic carbocycles. The minimum atomic E-state index is -0.762. The first kappa shape index (κ1) is 14.5. The molecule has 3 atom stereocenters. The first-order valence-electron chi connectivity index (χ1n) is 7.32. The van der Waals surface area contributed by atoms with Crippen molar-refractivity contribution in [1.82, 2.24) is 5.32 Å². The summed E-state index contributed by atoms with van der Waals surface area (Å²) in [7, 11) is 0. The zero-order valence-electron chi connectivity index (χ0n) is 11.6. The van der Waals surface area contributed by atoms with Gasteiger partial charge in [-0.1, -0.05) is 38.0 Å². The van der Waals surface area contributed by atoms with Crippen LogP contribution in [0, 0.1) is 11.7 Å². The van der Waals surface area contributed by atoms with Gasteiger partial charge in [-0.3, -0.25) is 0 Å². The Labute approximate surface area is 115 Å². The van der Waals surface area contributed by atoms with Crippen LogP contribution in [0.5, 0.6) is 0 Å². The molecule has 2 N–H and O–H groups in total. The van der Waals surface area contributed by atoms with E-state index in [9.17, 15) is 9.50 Å². The fraction of sp³-hybridized carbons (Fsp3) is 0.625. The predicted octanol–water partition coefficient (Wildman–Crippen LogP) is 3.42. The van der Waals surface area contributed by atoms with E-state index in [4.69, 9.17) is 0 Å². The second kappa shape index (κ2) is 7.01. The average molecular weight is 265 g/mol. The van der Waals surface area contributed by atoms with E-state index < -0.39 is 6.10 Å². The predicted molar refractivity (Wildman–Crippen MR) is 75.4 cm³/mol. The third kappa shape index (κ3) is 4.29. The largest absolute Gasteiger partial charge is 0.387 e. The zero-order valence-corrected chi connectivity index (χ0v) is 11.6. The van der Waals surface area contributed by atoms with E-state index in [1.807, 2.05) is 0 Å². The van der Waals surface area contributed by atoms with Gasteiger partial charge in [0.25, 0.3) is 0 Å². The minimum Gasteiger partial charge on any atom is -0.387 e. The van der Waals surface area contributed by atoms with Gasteiger partial charge in [-0.05, 0) is 31.2 Å². The Balaban J connectivity index is 1.83. The maximum atomic E-state index is 13.5. The summed E-state index contributed by atoms with van der Waals surface area (Å²) in [6.07, 6.45) is 5.34. The fourth-order valence-electron chi connectivity index (χ4n) is 2.82. The quantitative estimate of drug-likeness (QED) is 0.818. The van der Waals surface area contributed by atoms with Crippen molar-refractivity contribution in [3.8, 4) is 0 Å². The average Bonchev–Trinajstić information content (AvgIpc) is 2.61. The molecular formula is C16H24FNO. The van der Waals surface area contributed by atoms with Gasteiger partial charge < -0.3 is 10.4 Å². The molecule has 0 heterocycles. The Morgan fingerprint density at radius 2 is 2.05 bits per heavy atom. The van der Waals surface area contributed by atoms with Gasteiger partial charge in [0.15, 0.2) is 0 Å². The monoisotopic (exact) mass is 265 g/mol. The molecule has 1 aliphatic rings. The molecule has 0 bridgehead atoms. The highest BCUT2D eigenvalue weighted by atomic mass is 19.1. The highest BCUT2D eigenvalue weighted by molar-refractivity contribution is 5.20. The van der Waals surface area contributed by atoms with Crippen LogP contribution in [0.4, 0.5) is 4.39 Å². The van der Waals surface area contributed by atoms with E-state index in [2.05, 4.69) is 12.2 Å². The first-order valence-corrected chi connectivity index (χ1v) is 7.32. The Morgan fingerprint density at radius 3 is 2.84 bits per heavy atom. The van der Waals surface area contributed by atoms with Crippen molar-refractivity contribution in [2.24, 2.45) is 5.92 Å². The highest BCUT2D eigenvalue weighted by Gasteiger charge is 2.18. The summed E-state index contributed by atoms with van der Waals surface area (Å²) in [5.41, 5.74) is 0.386. The summed E-state index contributed by atoms with van der Waals surface area (Å²) in [6, 6.07) is 6.91. The molecule has 0 spiro atoms. The molecule has 0 radical (unpaired) electrons. The van der Waals surface area contributed by atoms with Gasteiger partial charge in [-0.15, -0.1) is 0 Å². The lowest BCUT2D eigenvalue weighted by Gasteiger charge is -2.19. The topological polar surface area (TPSA) is 32.3 Å². The van der Waals surface area contributed by atoms with Gasteiger partial charge in [-0.25, -0.2) is 4.39 Å². The molecule has 1 fully saturated rings. The van der Waals surface area contributed by atoms with Crippen LogP contribution in [0.25, 0.3) is 0 Å². The van der Waals surface area contributed by atoms with Gasteiger partial charge in [0.1, 0.15) is 5.82 Å². The van der Waals surface area contributed by atoms with Crippen molar-refractivity contribution < 1.29 is 9.50 Å². The Bertz CT molecular complexity index is 396. The number of halogens is 1. The van der Waals surface area contributed by atoms with Crippen molar-refractivity contribution in [2.75, 3.05) is 6.54 Å². The van der Waals surface area contributed by atoms with Crippen LogP contribution in [-0.2, 0) is 0 Å². The van der Waals surface area contributed by atoms with Crippen LogP contribution in [0.3, 0.4) is 0 Å². The SMILES string of the molecule is CC1CCCC(NCC(O)c2ccccc2F)CC1. The van der Waals surface area contributed by atoms with E-state index in [0.29, 0.717) is 18.2 Å². The van der Waals surface area contributed by atoms with Gasteiger partial charge in [0.05, 0.1) is 6.10 Å². The molecule has 3 unspecified atom stereocenters. The number of hydrogen-bond acceptors (Lipinski definition) is 2. The van der Waals surface area contributed by atoms with E-state index in [1.54, 1.807) is 18.2 Å². The summed E-state index contributed by atoms with van der Waals surface area (Å²) in [6.45, 7) is 2.73. The van der Waals surface area contributed by atoms with E-state index in [-0.39, 0.29) is 5.82 Å². The second-order valence-electron chi connectivity index (χ2n) is 5.76. The Kier molecular flexibility index (Phi) is 5.34. The highest BCUT2D eigenvalue weighted by Crippen LogP contribution is 2.23. The van der Waals surface area contributed by atoms with Gasteiger partial charge in [0.2, 0.25) is 0 Å². The van der Waals surface area contributed by atoms with Crippen molar-refractivity contribution in [3.63, 3.8) is 0 Å². The van der Waals surface area contributed by atoms with Crippen LogP contribution >= 0.6 is 0 Å². The molecule has 0 amide bonds. The molecule has 3 heteroatoms. The number of nitrogens with one attached hydrogen (secondary N) is 1. The van der Waals surface area contributed by atoms with Crippen LogP contribution in [-0.4, -0.2) is 17.7 Å². The molecular weight excluding hydrogens is 241 g/mol. The van der Waals surface area contributed by atoms with Gasteiger partial charge >= 0.3 is 0 Å². The maximum absolute atomic E-state index is 13.5. The number of benzene rings is 1. The number of rotatable bonds is 4. The standard InChI is InChI=1S/C16H24FNO/c1-12-5-4-6-13(10-9-12)18-11-16(19)14-7-2-3-8-15(14)17/h2-3,7-8,12-13,16,18-19H,4-6,9-11H2,1H3. The molecule has 0 saturated heterocycles. The molecule has 0 aromatic heterocycles. The van der Waals surface area contributed by atoms with Crippen LogP contribution in [0.1, 0.15) is 50.7 Å². The van der Waals surface area contributed by atoms with Gasteiger partial charge in [0, 0.05) is 18.2 Å². The maximum Gasteiger partial charge on any atom is 0.129 e.